The molecule has 0 amide bonds. The van der Waals surface area contributed by atoms with Gasteiger partial charge in [0.1, 0.15) is 0 Å². The van der Waals surface area contributed by atoms with E-state index in [0.717, 1.165) is 13.0 Å². The second-order valence-corrected chi connectivity index (χ2v) is 3.72. The Morgan fingerprint density at radius 3 is 2.38 bits per heavy atom. The van der Waals surface area contributed by atoms with Crippen LogP contribution < -0.4 is 0 Å². The molecule has 1 aromatic rings. The lowest BCUT2D eigenvalue weighted by Crippen LogP contribution is -1.95. The molecule has 0 bridgehead atoms. The number of hydrogen-bond acceptors (Lipinski definition) is 1. The molecule has 0 fully saturated rings. The van der Waals surface area contributed by atoms with Gasteiger partial charge in [-0.25, -0.2) is 0 Å². The van der Waals surface area contributed by atoms with E-state index in [-0.39, 0.29) is 0 Å². The van der Waals surface area contributed by atoms with E-state index < -0.39 is 0 Å². The number of ether oxygens (including phenoxy) is 1. The number of hydrogen-bond donors (Lipinski definition) is 0. The number of benzene rings is 1. The van der Waals surface area contributed by atoms with Crippen molar-refractivity contribution in [2.75, 3.05) is 6.61 Å². The zero-order valence-electron chi connectivity index (χ0n) is 11.0. The number of rotatable bonds is 4. The van der Waals surface area contributed by atoms with Crippen molar-refractivity contribution in [3.63, 3.8) is 0 Å². The average molecular weight is 220 g/mol. The van der Waals surface area contributed by atoms with Gasteiger partial charge < -0.3 is 4.74 Å². The largest absolute Gasteiger partial charge is 0.501 e. The summed E-state index contributed by atoms with van der Waals surface area (Å²) in [5, 5.41) is 0. The van der Waals surface area contributed by atoms with Crippen molar-refractivity contribution >= 4 is 0 Å². The van der Waals surface area contributed by atoms with Crippen LogP contribution in [0.15, 0.2) is 36.6 Å². The molecule has 0 unspecified atom stereocenters. The summed E-state index contributed by atoms with van der Waals surface area (Å²) in [7, 11) is 0. The van der Waals surface area contributed by atoms with Gasteiger partial charge in [0.05, 0.1) is 12.9 Å². The molecule has 0 saturated carbocycles. The summed E-state index contributed by atoms with van der Waals surface area (Å²) in [5.74, 6) is 0. The maximum absolute atomic E-state index is 5.26. The van der Waals surface area contributed by atoms with Gasteiger partial charge in [-0.2, -0.15) is 0 Å². The van der Waals surface area contributed by atoms with Crippen LogP contribution in [0.1, 0.15) is 38.3 Å². The van der Waals surface area contributed by atoms with E-state index in [0.29, 0.717) is 0 Å². The van der Waals surface area contributed by atoms with E-state index in [4.69, 9.17) is 4.74 Å². The molecule has 90 valence electrons. The third-order valence-corrected chi connectivity index (χ3v) is 1.98. The van der Waals surface area contributed by atoms with Gasteiger partial charge in [-0.05, 0) is 25.0 Å². The first-order valence-electron chi connectivity index (χ1n) is 6.03. The third-order valence-electron chi connectivity index (χ3n) is 1.98. The quantitative estimate of drug-likeness (QED) is 0.536. The molecule has 0 aromatic heterocycles. The summed E-state index contributed by atoms with van der Waals surface area (Å²) in [4.78, 5) is 0. The van der Waals surface area contributed by atoms with Crippen LogP contribution >= 0.6 is 0 Å². The molecule has 0 atom stereocenters. The molecule has 1 rings (SSSR count). The first kappa shape index (κ1) is 14.8. The molecule has 1 nitrogen and oxygen atoms in total. The molecular weight excluding hydrogens is 196 g/mol. The minimum atomic E-state index is 0.759. The Balaban J connectivity index is 0.000000673. The summed E-state index contributed by atoms with van der Waals surface area (Å²) in [6, 6.07) is 8.41. The Morgan fingerprint density at radius 1 is 1.19 bits per heavy atom. The van der Waals surface area contributed by atoms with Crippen molar-refractivity contribution in [2.45, 2.75) is 40.5 Å². The number of aryl methyl sites for hydroxylation is 1. The highest BCUT2D eigenvalue weighted by Gasteiger charge is 1.95. The molecule has 0 aliphatic carbocycles. The molecule has 1 heteroatoms. The first-order chi connectivity index (χ1) is 7.76. The van der Waals surface area contributed by atoms with Crippen molar-refractivity contribution < 1.29 is 4.74 Å². The molecule has 0 aliphatic rings. The van der Waals surface area contributed by atoms with Crippen molar-refractivity contribution in [3.8, 4) is 0 Å². The van der Waals surface area contributed by atoms with Crippen molar-refractivity contribution in [3.05, 3.63) is 47.7 Å². The lowest BCUT2D eigenvalue weighted by Gasteiger charge is -2.04. The highest BCUT2D eigenvalue weighted by atomic mass is 16.5. The minimum Gasteiger partial charge on any atom is -0.501 e. The van der Waals surface area contributed by atoms with Crippen LogP contribution in [0.4, 0.5) is 0 Å². The zero-order valence-corrected chi connectivity index (χ0v) is 11.0. The SMILES string of the molecule is C/C=C\OCCc1ccccc1C.CCC. The molecule has 16 heavy (non-hydrogen) atoms. The van der Waals surface area contributed by atoms with E-state index >= 15 is 0 Å². The molecule has 0 heterocycles. The Hall–Kier alpha value is -1.24. The second kappa shape index (κ2) is 10.3. The van der Waals surface area contributed by atoms with Crippen LogP contribution in [0, 0.1) is 6.92 Å². The summed E-state index contributed by atoms with van der Waals surface area (Å²) < 4.78 is 5.26. The van der Waals surface area contributed by atoms with Gasteiger partial charge in [0, 0.05) is 6.42 Å². The van der Waals surface area contributed by atoms with Crippen molar-refractivity contribution in [1.82, 2.24) is 0 Å². The highest BCUT2D eigenvalue weighted by molar-refractivity contribution is 5.25. The monoisotopic (exact) mass is 220 g/mol. The predicted molar refractivity (Wildman–Crippen MR) is 71.6 cm³/mol. The smallest absolute Gasteiger partial charge is 0.0913 e. The van der Waals surface area contributed by atoms with Crippen LogP contribution in [-0.4, -0.2) is 6.61 Å². The normalized spacial score (nSPS) is 9.75. The molecule has 0 N–H and O–H groups in total. The Bertz CT molecular complexity index is 289. The van der Waals surface area contributed by atoms with Gasteiger partial charge in [0.25, 0.3) is 0 Å². The summed E-state index contributed by atoms with van der Waals surface area (Å²) in [6.07, 6.45) is 5.87. The van der Waals surface area contributed by atoms with Crippen LogP contribution in [0.2, 0.25) is 0 Å². The average Bonchev–Trinajstić information content (AvgIpc) is 2.28. The predicted octanol–water partition coefficient (Wildman–Crippen LogP) is 4.50. The second-order valence-electron chi connectivity index (χ2n) is 3.72. The van der Waals surface area contributed by atoms with Gasteiger partial charge in [-0.1, -0.05) is 50.6 Å². The van der Waals surface area contributed by atoms with Gasteiger partial charge >= 0.3 is 0 Å². The molecule has 1 aromatic carbocycles. The Kier molecular flexibility index (Phi) is 9.49. The van der Waals surface area contributed by atoms with E-state index in [1.54, 1.807) is 6.26 Å². The lowest BCUT2D eigenvalue weighted by atomic mass is 10.1. The molecule has 0 aliphatic heterocycles. The lowest BCUT2D eigenvalue weighted by molar-refractivity contribution is 0.253. The number of allylic oxidation sites excluding steroid dienone is 1. The van der Waals surface area contributed by atoms with Gasteiger partial charge in [-0.3, -0.25) is 0 Å². The van der Waals surface area contributed by atoms with Crippen LogP contribution in [0.5, 0.6) is 0 Å². The van der Waals surface area contributed by atoms with E-state index in [1.165, 1.54) is 17.5 Å². The zero-order chi connectivity index (χ0) is 12.2. The maximum Gasteiger partial charge on any atom is 0.0913 e. The fourth-order valence-corrected chi connectivity index (χ4v) is 1.22. The van der Waals surface area contributed by atoms with E-state index in [9.17, 15) is 0 Å². The van der Waals surface area contributed by atoms with Gasteiger partial charge in [0.2, 0.25) is 0 Å². The van der Waals surface area contributed by atoms with Crippen LogP contribution in [-0.2, 0) is 11.2 Å². The minimum absolute atomic E-state index is 0.759. The van der Waals surface area contributed by atoms with E-state index in [2.05, 4.69) is 45.0 Å². The van der Waals surface area contributed by atoms with E-state index in [1.807, 2.05) is 13.0 Å². The standard InChI is InChI=1S/C12H16O.C3H8/c1-3-9-13-10-8-12-7-5-4-6-11(12)2;1-3-2/h3-7,9H,8,10H2,1-2H3;3H2,1-2H3/b9-3-;. The van der Waals surface area contributed by atoms with Gasteiger partial charge in [-0.15, -0.1) is 0 Å². The van der Waals surface area contributed by atoms with Crippen LogP contribution in [0.25, 0.3) is 0 Å². The van der Waals surface area contributed by atoms with Crippen molar-refractivity contribution in [1.29, 1.82) is 0 Å². The fourth-order valence-electron chi connectivity index (χ4n) is 1.22. The Morgan fingerprint density at radius 2 is 1.81 bits per heavy atom. The maximum atomic E-state index is 5.26. The highest BCUT2D eigenvalue weighted by Crippen LogP contribution is 2.07. The van der Waals surface area contributed by atoms with Crippen LogP contribution in [0.3, 0.4) is 0 Å². The Labute approximate surface area is 100 Å². The summed E-state index contributed by atoms with van der Waals surface area (Å²) in [5.41, 5.74) is 2.71. The third kappa shape index (κ3) is 7.10. The van der Waals surface area contributed by atoms with Crippen molar-refractivity contribution in [2.24, 2.45) is 0 Å². The fraction of sp³-hybridized carbons (Fsp3) is 0.467. The van der Waals surface area contributed by atoms with Gasteiger partial charge in [0.15, 0.2) is 0 Å². The topological polar surface area (TPSA) is 9.23 Å². The molecule has 0 saturated heterocycles. The first-order valence-corrected chi connectivity index (χ1v) is 6.03. The molecular formula is C15H24O. The summed E-state index contributed by atoms with van der Waals surface area (Å²) >= 11 is 0. The summed E-state index contributed by atoms with van der Waals surface area (Å²) in [6.45, 7) is 9.09. The molecule has 0 spiro atoms. The molecule has 0 radical (unpaired) electrons.